The van der Waals surface area contributed by atoms with Crippen molar-refractivity contribution < 1.29 is 0 Å². The summed E-state index contributed by atoms with van der Waals surface area (Å²) >= 11 is 0. The summed E-state index contributed by atoms with van der Waals surface area (Å²) in [5, 5.41) is 0. The molecule has 0 bridgehead atoms. The van der Waals surface area contributed by atoms with Gasteiger partial charge in [0.15, 0.2) is 0 Å². The average Bonchev–Trinajstić information content (AvgIpc) is 2.56. The van der Waals surface area contributed by atoms with Gasteiger partial charge >= 0.3 is 0 Å². The molecule has 0 amide bonds. The summed E-state index contributed by atoms with van der Waals surface area (Å²) < 4.78 is 2.14. The summed E-state index contributed by atoms with van der Waals surface area (Å²) in [6, 6.07) is 8.60. The molecule has 2 heteroatoms. The average molecular weight is 186 g/mol. The number of imidazole rings is 1. The summed E-state index contributed by atoms with van der Waals surface area (Å²) in [5.74, 6) is 1.06. The van der Waals surface area contributed by atoms with Crippen LogP contribution in [-0.4, -0.2) is 9.55 Å². The Labute approximate surface area is 84.2 Å². The van der Waals surface area contributed by atoms with E-state index in [1.807, 2.05) is 19.3 Å². The molecule has 14 heavy (non-hydrogen) atoms. The first kappa shape index (κ1) is 9.00. The van der Waals surface area contributed by atoms with Crippen molar-refractivity contribution in [1.29, 1.82) is 0 Å². The maximum atomic E-state index is 4.19. The Hall–Kier alpha value is -1.57. The summed E-state index contributed by atoms with van der Waals surface area (Å²) in [6.45, 7) is 5.03. The zero-order chi connectivity index (χ0) is 9.97. The van der Waals surface area contributed by atoms with Gasteiger partial charge in [-0.3, -0.25) is 0 Å². The van der Waals surface area contributed by atoms with Crippen LogP contribution in [0.25, 0.3) is 0 Å². The van der Waals surface area contributed by atoms with Crippen LogP contribution in [0.5, 0.6) is 0 Å². The summed E-state index contributed by atoms with van der Waals surface area (Å²) in [7, 11) is 0. The molecule has 0 atom stereocenters. The van der Waals surface area contributed by atoms with Gasteiger partial charge in [0, 0.05) is 18.9 Å². The van der Waals surface area contributed by atoms with Crippen LogP contribution < -0.4 is 0 Å². The molecule has 0 spiro atoms. The highest BCUT2D eigenvalue weighted by Crippen LogP contribution is 2.06. The maximum absolute atomic E-state index is 4.19. The predicted octanol–water partition coefficient (Wildman–Crippen LogP) is 2.55. The van der Waals surface area contributed by atoms with Crippen LogP contribution in [0.3, 0.4) is 0 Å². The number of aryl methyl sites for hydroxylation is 2. The smallest absolute Gasteiger partial charge is 0.105 e. The lowest BCUT2D eigenvalue weighted by atomic mass is 10.1. The van der Waals surface area contributed by atoms with Gasteiger partial charge < -0.3 is 4.57 Å². The Morgan fingerprint density at radius 2 is 1.86 bits per heavy atom. The van der Waals surface area contributed by atoms with Crippen LogP contribution >= 0.6 is 0 Å². The molecular formula is C12H14N2. The number of benzene rings is 1. The van der Waals surface area contributed by atoms with E-state index in [1.54, 1.807) is 0 Å². The highest BCUT2D eigenvalue weighted by Gasteiger charge is 1.97. The zero-order valence-corrected chi connectivity index (χ0v) is 8.57. The third kappa shape index (κ3) is 1.84. The maximum Gasteiger partial charge on any atom is 0.105 e. The molecule has 2 rings (SSSR count). The lowest BCUT2D eigenvalue weighted by Gasteiger charge is -2.05. The molecule has 0 unspecified atom stereocenters. The predicted molar refractivity (Wildman–Crippen MR) is 57.2 cm³/mol. The summed E-state index contributed by atoms with van der Waals surface area (Å²) in [4.78, 5) is 4.19. The van der Waals surface area contributed by atoms with E-state index in [2.05, 4.69) is 40.7 Å². The van der Waals surface area contributed by atoms with Crippen LogP contribution in [0.15, 0.2) is 36.7 Å². The molecule has 0 N–H and O–H groups in total. The fourth-order valence-corrected chi connectivity index (χ4v) is 1.46. The molecule has 0 aliphatic heterocycles. The highest BCUT2D eigenvalue weighted by atomic mass is 15.0. The lowest BCUT2D eigenvalue weighted by molar-refractivity contribution is 0.761. The summed E-state index contributed by atoms with van der Waals surface area (Å²) in [5.41, 5.74) is 2.62. The third-order valence-corrected chi connectivity index (χ3v) is 2.40. The second kappa shape index (κ2) is 3.66. The van der Waals surface area contributed by atoms with Gasteiger partial charge in [-0.15, -0.1) is 0 Å². The highest BCUT2D eigenvalue weighted by molar-refractivity contribution is 5.21. The van der Waals surface area contributed by atoms with Crippen LogP contribution in [-0.2, 0) is 6.54 Å². The number of aromatic nitrogens is 2. The molecule has 0 saturated carbocycles. The van der Waals surface area contributed by atoms with Gasteiger partial charge in [0.25, 0.3) is 0 Å². The van der Waals surface area contributed by atoms with E-state index in [0.717, 1.165) is 12.4 Å². The molecule has 2 aromatic rings. The molecule has 0 aliphatic carbocycles. The minimum Gasteiger partial charge on any atom is -0.331 e. The summed E-state index contributed by atoms with van der Waals surface area (Å²) in [6.07, 6.45) is 3.85. The van der Waals surface area contributed by atoms with E-state index in [4.69, 9.17) is 0 Å². The third-order valence-electron chi connectivity index (χ3n) is 2.40. The molecule has 2 nitrogen and oxygen atoms in total. The molecule has 1 aromatic heterocycles. The minimum atomic E-state index is 0.909. The van der Waals surface area contributed by atoms with Crippen molar-refractivity contribution in [3.8, 4) is 0 Å². The largest absolute Gasteiger partial charge is 0.331 e. The van der Waals surface area contributed by atoms with Gasteiger partial charge in [0.05, 0.1) is 0 Å². The van der Waals surface area contributed by atoms with Crippen molar-refractivity contribution in [2.75, 3.05) is 0 Å². The Morgan fingerprint density at radius 1 is 1.14 bits per heavy atom. The molecule has 0 aliphatic rings. The van der Waals surface area contributed by atoms with Crippen molar-refractivity contribution in [1.82, 2.24) is 9.55 Å². The van der Waals surface area contributed by atoms with E-state index in [-0.39, 0.29) is 0 Å². The number of hydrogen-bond acceptors (Lipinski definition) is 1. The first-order valence-electron chi connectivity index (χ1n) is 4.79. The molecular weight excluding hydrogens is 172 g/mol. The van der Waals surface area contributed by atoms with Crippen LogP contribution in [0, 0.1) is 13.8 Å². The minimum absolute atomic E-state index is 0.909. The fraction of sp³-hybridized carbons (Fsp3) is 0.250. The zero-order valence-electron chi connectivity index (χ0n) is 8.57. The molecule has 0 fully saturated rings. The second-order valence-corrected chi connectivity index (χ2v) is 3.59. The van der Waals surface area contributed by atoms with Crippen molar-refractivity contribution in [2.24, 2.45) is 0 Å². The second-order valence-electron chi connectivity index (χ2n) is 3.59. The van der Waals surface area contributed by atoms with E-state index in [1.165, 1.54) is 11.1 Å². The van der Waals surface area contributed by atoms with Crippen molar-refractivity contribution in [2.45, 2.75) is 20.4 Å². The molecule has 1 heterocycles. The molecule has 72 valence electrons. The number of hydrogen-bond donors (Lipinski definition) is 0. The topological polar surface area (TPSA) is 17.8 Å². The monoisotopic (exact) mass is 186 g/mol. The first-order chi connectivity index (χ1) is 6.75. The van der Waals surface area contributed by atoms with Gasteiger partial charge in [-0.2, -0.15) is 0 Å². The Kier molecular flexibility index (Phi) is 2.35. The molecule has 0 saturated heterocycles. The van der Waals surface area contributed by atoms with Gasteiger partial charge in [-0.25, -0.2) is 4.98 Å². The van der Waals surface area contributed by atoms with Crippen molar-refractivity contribution in [3.63, 3.8) is 0 Å². The quantitative estimate of drug-likeness (QED) is 0.704. The Morgan fingerprint density at radius 3 is 2.43 bits per heavy atom. The van der Waals surface area contributed by atoms with Crippen LogP contribution in [0.2, 0.25) is 0 Å². The van der Waals surface area contributed by atoms with Crippen LogP contribution in [0.4, 0.5) is 0 Å². The van der Waals surface area contributed by atoms with Gasteiger partial charge in [0.2, 0.25) is 0 Å². The Bertz CT molecular complexity index is 412. The standard InChI is InChI=1S/C12H14N2/c1-10-3-5-12(6-4-10)9-14-8-7-13-11(14)2/h3-8H,9H2,1-2H3. The number of nitrogens with zero attached hydrogens (tertiary/aromatic N) is 2. The van der Waals surface area contributed by atoms with E-state index in [0.29, 0.717) is 0 Å². The van der Waals surface area contributed by atoms with E-state index in [9.17, 15) is 0 Å². The SMILES string of the molecule is Cc1ccc(Cn2ccnc2C)cc1. The Balaban J connectivity index is 2.19. The fourth-order valence-electron chi connectivity index (χ4n) is 1.46. The number of rotatable bonds is 2. The van der Waals surface area contributed by atoms with Gasteiger partial charge in [-0.1, -0.05) is 29.8 Å². The van der Waals surface area contributed by atoms with E-state index < -0.39 is 0 Å². The molecule has 1 aromatic carbocycles. The first-order valence-corrected chi connectivity index (χ1v) is 4.79. The lowest BCUT2D eigenvalue weighted by Crippen LogP contribution is -2.00. The van der Waals surface area contributed by atoms with Gasteiger partial charge in [0.1, 0.15) is 5.82 Å². The van der Waals surface area contributed by atoms with Crippen molar-refractivity contribution >= 4 is 0 Å². The van der Waals surface area contributed by atoms with Crippen LogP contribution in [0.1, 0.15) is 17.0 Å². The van der Waals surface area contributed by atoms with E-state index >= 15 is 0 Å². The van der Waals surface area contributed by atoms with Gasteiger partial charge in [-0.05, 0) is 19.4 Å². The normalized spacial score (nSPS) is 10.4. The molecule has 0 radical (unpaired) electrons. The van der Waals surface area contributed by atoms with Crippen molar-refractivity contribution in [3.05, 3.63) is 53.6 Å².